The molecule has 0 amide bonds. The highest BCUT2D eigenvalue weighted by atomic mass is 16.3. The van der Waals surface area contributed by atoms with Gasteiger partial charge in [0, 0.05) is 33.0 Å². The van der Waals surface area contributed by atoms with Gasteiger partial charge in [-0.3, -0.25) is 4.57 Å². The van der Waals surface area contributed by atoms with E-state index in [1.54, 1.807) is 0 Å². The highest BCUT2D eigenvalue weighted by Gasteiger charge is 2.48. The maximum absolute atomic E-state index is 6.36. The fourth-order valence-corrected chi connectivity index (χ4v) is 7.72. The van der Waals surface area contributed by atoms with E-state index in [1.807, 2.05) is 30.3 Å². The van der Waals surface area contributed by atoms with Crippen LogP contribution in [0.25, 0.3) is 61.5 Å². The molecule has 0 radical (unpaired) electrons. The second kappa shape index (κ2) is 9.53. The third-order valence-corrected chi connectivity index (χ3v) is 9.51. The Morgan fingerprint density at radius 3 is 1.91 bits per heavy atom. The van der Waals surface area contributed by atoms with Gasteiger partial charge >= 0.3 is 0 Å². The maximum atomic E-state index is 6.36. The number of hydrogen-bond acceptors (Lipinski definition) is 3. The normalized spacial score (nSPS) is 13.7. The molecule has 5 aromatic carbocycles. The van der Waals surface area contributed by atoms with Crippen molar-refractivity contribution in [2.24, 2.45) is 11.8 Å². The minimum absolute atomic E-state index is 0.174. The van der Waals surface area contributed by atoms with Crippen molar-refractivity contribution in [3.05, 3.63) is 126 Å². The Kier molecular flexibility index (Phi) is 5.70. The van der Waals surface area contributed by atoms with Crippen LogP contribution in [0.2, 0.25) is 0 Å². The predicted molar refractivity (Wildman–Crippen MR) is 175 cm³/mol. The van der Waals surface area contributed by atoms with Gasteiger partial charge in [-0.05, 0) is 70.5 Å². The van der Waals surface area contributed by atoms with E-state index in [2.05, 4.69) is 117 Å². The average Bonchev–Trinajstić information content (AvgIpc) is 3.71. The molecule has 4 heteroatoms. The zero-order valence-electron chi connectivity index (χ0n) is 24.9. The summed E-state index contributed by atoms with van der Waals surface area (Å²) in [4.78, 5) is 0. The van der Waals surface area contributed by atoms with E-state index in [0.29, 0.717) is 11.8 Å². The monoisotopic (exact) mass is 559 g/mol. The highest BCUT2D eigenvalue weighted by Crippen LogP contribution is 2.58. The second-order valence-corrected chi connectivity index (χ2v) is 12.3. The lowest BCUT2D eigenvalue weighted by atomic mass is 9.62. The van der Waals surface area contributed by atoms with Crippen molar-refractivity contribution in [3.63, 3.8) is 0 Å². The summed E-state index contributed by atoms with van der Waals surface area (Å²) in [5, 5.41) is 11.9. The van der Waals surface area contributed by atoms with Crippen LogP contribution in [-0.2, 0) is 5.41 Å². The van der Waals surface area contributed by atoms with Gasteiger partial charge in [-0.15, -0.1) is 10.2 Å². The lowest BCUT2D eigenvalue weighted by Gasteiger charge is -2.40. The van der Waals surface area contributed by atoms with Crippen LogP contribution >= 0.6 is 0 Å². The zero-order valence-corrected chi connectivity index (χ0v) is 24.9. The molecule has 0 saturated heterocycles. The number of benzene rings is 5. The van der Waals surface area contributed by atoms with Crippen LogP contribution in [0, 0.1) is 11.8 Å². The fraction of sp³-hybridized carbons (Fsp3) is 0.179. The predicted octanol–water partition coefficient (Wildman–Crippen LogP) is 10.1. The van der Waals surface area contributed by atoms with E-state index in [0.717, 1.165) is 39.6 Å². The third-order valence-electron chi connectivity index (χ3n) is 9.51. The molecule has 2 aromatic heterocycles. The van der Waals surface area contributed by atoms with Crippen LogP contribution in [0.1, 0.15) is 38.8 Å². The summed E-state index contributed by atoms with van der Waals surface area (Å²) in [6.45, 7) is 9.46. The largest absolute Gasteiger partial charge is 0.456 e. The topological polar surface area (TPSA) is 43.9 Å². The SMILES string of the molecule is CC(C)C1(C(C)C)c2cc(-c3nnc(-c4ccccc4)n3-c3ccccc3)ccc2-c2cc3oc4ccccc4c3cc21. The van der Waals surface area contributed by atoms with Gasteiger partial charge in [0.2, 0.25) is 0 Å². The number of para-hydroxylation sites is 2. The van der Waals surface area contributed by atoms with Crippen molar-refractivity contribution in [1.29, 1.82) is 0 Å². The van der Waals surface area contributed by atoms with Crippen LogP contribution in [0.5, 0.6) is 0 Å². The molecule has 4 nitrogen and oxygen atoms in total. The molecule has 0 bridgehead atoms. The van der Waals surface area contributed by atoms with Crippen LogP contribution in [0.15, 0.2) is 120 Å². The number of nitrogens with zero attached hydrogens (tertiary/aromatic N) is 3. The molecule has 2 heterocycles. The average molecular weight is 560 g/mol. The van der Waals surface area contributed by atoms with E-state index in [9.17, 15) is 0 Å². The van der Waals surface area contributed by atoms with Crippen molar-refractivity contribution in [3.8, 4) is 39.6 Å². The first kappa shape index (κ1) is 25.7. The lowest BCUT2D eigenvalue weighted by Crippen LogP contribution is -2.37. The van der Waals surface area contributed by atoms with Crippen molar-refractivity contribution in [2.45, 2.75) is 33.1 Å². The first-order valence-electron chi connectivity index (χ1n) is 15.2. The molecule has 43 heavy (non-hydrogen) atoms. The quantitative estimate of drug-likeness (QED) is 0.211. The van der Waals surface area contributed by atoms with Gasteiger partial charge in [0.25, 0.3) is 0 Å². The van der Waals surface area contributed by atoms with E-state index in [4.69, 9.17) is 14.6 Å². The molecule has 0 saturated carbocycles. The molecule has 0 unspecified atom stereocenters. The van der Waals surface area contributed by atoms with E-state index < -0.39 is 0 Å². The first-order chi connectivity index (χ1) is 21.0. The molecule has 1 aliphatic carbocycles. The standard InChI is InChI=1S/C39H33N3O/c1-24(2)39(25(3)4)33-21-27(38-41-40-37(26-13-7-5-8-14-26)42(38)28-15-9-6-10-16-28)19-20-29(33)31-23-36-32(22-34(31)39)30-17-11-12-18-35(30)43-36/h5-25H,1-4H3. The summed E-state index contributed by atoms with van der Waals surface area (Å²) in [6.07, 6.45) is 0. The molecule has 0 N–H and O–H groups in total. The van der Waals surface area contributed by atoms with Crippen LogP contribution < -0.4 is 0 Å². The smallest absolute Gasteiger partial charge is 0.168 e. The summed E-state index contributed by atoms with van der Waals surface area (Å²) in [5.74, 6) is 2.40. The molecule has 8 rings (SSSR count). The second-order valence-electron chi connectivity index (χ2n) is 12.3. The van der Waals surface area contributed by atoms with Crippen molar-refractivity contribution in [1.82, 2.24) is 14.8 Å². The molecule has 0 atom stereocenters. The number of aromatic nitrogens is 3. The van der Waals surface area contributed by atoms with Gasteiger partial charge in [-0.2, -0.15) is 0 Å². The van der Waals surface area contributed by atoms with Crippen LogP contribution in [0.3, 0.4) is 0 Å². The Morgan fingerprint density at radius 1 is 0.558 bits per heavy atom. The molecule has 0 spiro atoms. The number of hydrogen-bond donors (Lipinski definition) is 0. The number of fused-ring (bicyclic) bond motifs is 6. The van der Waals surface area contributed by atoms with Gasteiger partial charge in [-0.1, -0.05) is 107 Å². The zero-order chi connectivity index (χ0) is 29.3. The Bertz CT molecular complexity index is 2130. The van der Waals surface area contributed by atoms with Crippen molar-refractivity contribution >= 4 is 21.9 Å². The number of furan rings is 1. The van der Waals surface area contributed by atoms with Gasteiger partial charge in [0.15, 0.2) is 11.6 Å². The van der Waals surface area contributed by atoms with Gasteiger partial charge in [0.05, 0.1) is 0 Å². The minimum atomic E-state index is -0.174. The summed E-state index contributed by atoms with van der Waals surface area (Å²) in [6, 6.07) is 40.6. The Morgan fingerprint density at radius 2 is 1.19 bits per heavy atom. The Balaban J connectivity index is 1.39. The van der Waals surface area contributed by atoms with Crippen molar-refractivity contribution in [2.75, 3.05) is 0 Å². The Hall–Kier alpha value is -4.96. The summed E-state index contributed by atoms with van der Waals surface area (Å²) >= 11 is 0. The minimum Gasteiger partial charge on any atom is -0.456 e. The highest BCUT2D eigenvalue weighted by molar-refractivity contribution is 6.07. The number of rotatable bonds is 5. The summed E-state index contributed by atoms with van der Waals surface area (Å²) in [5.41, 5.74) is 10.1. The van der Waals surface area contributed by atoms with Crippen molar-refractivity contribution < 1.29 is 4.42 Å². The third kappa shape index (κ3) is 3.62. The van der Waals surface area contributed by atoms with Gasteiger partial charge in [0.1, 0.15) is 11.2 Å². The maximum Gasteiger partial charge on any atom is 0.168 e. The fourth-order valence-electron chi connectivity index (χ4n) is 7.72. The van der Waals surface area contributed by atoms with E-state index in [1.165, 1.54) is 33.0 Å². The van der Waals surface area contributed by atoms with Gasteiger partial charge in [-0.25, -0.2) is 0 Å². The van der Waals surface area contributed by atoms with Crippen LogP contribution in [0.4, 0.5) is 0 Å². The van der Waals surface area contributed by atoms with Gasteiger partial charge < -0.3 is 4.42 Å². The molecule has 0 fully saturated rings. The van der Waals surface area contributed by atoms with E-state index in [-0.39, 0.29) is 5.41 Å². The molecule has 7 aromatic rings. The Labute approximate surface area is 251 Å². The molecular weight excluding hydrogens is 526 g/mol. The molecule has 1 aliphatic rings. The summed E-state index contributed by atoms with van der Waals surface area (Å²) < 4.78 is 8.55. The first-order valence-corrected chi connectivity index (χ1v) is 15.2. The molecule has 0 aliphatic heterocycles. The molecular formula is C39H33N3O. The molecule has 210 valence electrons. The lowest BCUT2D eigenvalue weighted by molar-refractivity contribution is 0.280. The summed E-state index contributed by atoms with van der Waals surface area (Å²) in [7, 11) is 0. The van der Waals surface area contributed by atoms with Crippen LogP contribution in [-0.4, -0.2) is 14.8 Å². The van der Waals surface area contributed by atoms with E-state index >= 15 is 0 Å².